The molecule has 0 atom stereocenters. The monoisotopic (exact) mass is 361 g/mol. The van der Waals surface area contributed by atoms with E-state index in [2.05, 4.69) is 10.5 Å². The molecule has 7 nitrogen and oxygen atoms in total. The third kappa shape index (κ3) is 5.29. The number of nitro benzene ring substituents is 1. The number of amides is 1. The van der Waals surface area contributed by atoms with E-state index >= 15 is 0 Å². The van der Waals surface area contributed by atoms with Crippen molar-refractivity contribution in [3.05, 3.63) is 68.7 Å². The summed E-state index contributed by atoms with van der Waals surface area (Å²) >= 11 is 5.94. The molecule has 130 valence electrons. The third-order valence-electron chi connectivity index (χ3n) is 3.20. The van der Waals surface area contributed by atoms with Crippen molar-refractivity contribution < 1.29 is 14.5 Å². The van der Waals surface area contributed by atoms with Crippen LogP contribution in [0.5, 0.6) is 5.75 Å². The largest absolute Gasteiger partial charge is 0.493 e. The van der Waals surface area contributed by atoms with E-state index in [1.54, 1.807) is 30.3 Å². The van der Waals surface area contributed by atoms with E-state index in [1.807, 2.05) is 6.92 Å². The molecule has 1 amide bonds. The van der Waals surface area contributed by atoms with E-state index in [0.29, 0.717) is 28.5 Å². The predicted molar refractivity (Wildman–Crippen MR) is 95.2 cm³/mol. The second-order valence-corrected chi connectivity index (χ2v) is 5.41. The topological polar surface area (TPSA) is 93.8 Å². The van der Waals surface area contributed by atoms with Gasteiger partial charge in [-0.15, -0.1) is 0 Å². The first-order valence-corrected chi connectivity index (χ1v) is 7.85. The predicted octanol–water partition coefficient (Wildman–Crippen LogP) is 3.34. The summed E-state index contributed by atoms with van der Waals surface area (Å²) in [5, 5.41) is 15.3. The molecule has 0 aromatic heterocycles. The van der Waals surface area contributed by atoms with Gasteiger partial charge in [0.1, 0.15) is 5.75 Å². The molecule has 2 aromatic carbocycles. The molecule has 2 rings (SSSR count). The van der Waals surface area contributed by atoms with Gasteiger partial charge < -0.3 is 4.74 Å². The summed E-state index contributed by atoms with van der Waals surface area (Å²) in [6, 6.07) is 11.1. The van der Waals surface area contributed by atoms with E-state index < -0.39 is 10.8 Å². The summed E-state index contributed by atoms with van der Waals surface area (Å²) in [7, 11) is 0. The van der Waals surface area contributed by atoms with Crippen LogP contribution in [0.25, 0.3) is 0 Å². The summed E-state index contributed by atoms with van der Waals surface area (Å²) in [4.78, 5) is 22.4. The number of nitro groups is 1. The van der Waals surface area contributed by atoms with Crippen molar-refractivity contribution in [2.45, 2.75) is 13.3 Å². The van der Waals surface area contributed by atoms with Crippen LogP contribution in [0, 0.1) is 10.1 Å². The van der Waals surface area contributed by atoms with Crippen molar-refractivity contribution in [1.82, 2.24) is 5.43 Å². The Kier molecular flexibility index (Phi) is 6.47. The molecular weight excluding hydrogens is 346 g/mol. The standard InChI is InChI=1S/C17H16ClN3O4/c1-2-25-16-8-7-14(18)9-13(16)11-19-20-17(22)10-12-5-3-4-6-15(12)21(23)24/h3-9,11H,2,10H2,1H3,(H,20,22)/b19-11-. The molecule has 0 saturated heterocycles. The SMILES string of the molecule is CCOc1ccc(Cl)cc1/C=N\NC(=O)Cc1ccccc1[N+](=O)[O-]. The van der Waals surface area contributed by atoms with Gasteiger partial charge in [0.05, 0.1) is 24.2 Å². The Morgan fingerprint density at radius 2 is 2.12 bits per heavy atom. The first-order chi connectivity index (χ1) is 12.0. The minimum absolute atomic E-state index is 0.102. The molecule has 0 bridgehead atoms. The van der Waals surface area contributed by atoms with E-state index in [0.717, 1.165) is 0 Å². The molecule has 0 aliphatic rings. The van der Waals surface area contributed by atoms with Crippen molar-refractivity contribution in [2.75, 3.05) is 6.61 Å². The second-order valence-electron chi connectivity index (χ2n) is 4.97. The van der Waals surface area contributed by atoms with Gasteiger partial charge in [-0.2, -0.15) is 5.10 Å². The highest BCUT2D eigenvalue weighted by atomic mass is 35.5. The average Bonchev–Trinajstić information content (AvgIpc) is 2.57. The number of halogens is 1. The molecular formula is C17H16ClN3O4. The summed E-state index contributed by atoms with van der Waals surface area (Å²) in [5.74, 6) is 0.120. The van der Waals surface area contributed by atoms with Gasteiger partial charge >= 0.3 is 0 Å². The van der Waals surface area contributed by atoms with Crippen LogP contribution in [0.3, 0.4) is 0 Å². The molecule has 8 heteroatoms. The zero-order valence-electron chi connectivity index (χ0n) is 13.4. The van der Waals surface area contributed by atoms with E-state index in [-0.39, 0.29) is 12.1 Å². The van der Waals surface area contributed by atoms with Gasteiger partial charge in [0.15, 0.2) is 0 Å². The van der Waals surface area contributed by atoms with Gasteiger partial charge in [-0.3, -0.25) is 14.9 Å². The zero-order chi connectivity index (χ0) is 18.2. The van der Waals surface area contributed by atoms with Crippen LogP contribution >= 0.6 is 11.6 Å². The van der Waals surface area contributed by atoms with Gasteiger partial charge in [-0.1, -0.05) is 29.8 Å². The van der Waals surface area contributed by atoms with Crippen molar-refractivity contribution in [1.29, 1.82) is 0 Å². The Balaban J connectivity index is 2.04. The molecule has 0 aliphatic heterocycles. The Hall–Kier alpha value is -2.93. The molecule has 2 aromatic rings. The maximum Gasteiger partial charge on any atom is 0.273 e. The van der Waals surface area contributed by atoms with Crippen LogP contribution in [0.4, 0.5) is 5.69 Å². The quantitative estimate of drug-likeness (QED) is 0.465. The van der Waals surface area contributed by atoms with Crippen LogP contribution in [-0.4, -0.2) is 23.7 Å². The van der Waals surface area contributed by atoms with E-state index in [9.17, 15) is 14.9 Å². The smallest absolute Gasteiger partial charge is 0.273 e. The highest BCUT2D eigenvalue weighted by Crippen LogP contribution is 2.21. The van der Waals surface area contributed by atoms with E-state index in [1.165, 1.54) is 18.3 Å². The fourth-order valence-corrected chi connectivity index (χ4v) is 2.31. The van der Waals surface area contributed by atoms with Crippen LogP contribution in [0.2, 0.25) is 5.02 Å². The number of carbonyl (C=O) groups excluding carboxylic acids is 1. The number of ether oxygens (including phenoxy) is 1. The van der Waals surface area contributed by atoms with Crippen molar-refractivity contribution in [2.24, 2.45) is 5.10 Å². The summed E-state index contributed by atoms with van der Waals surface area (Å²) in [6.07, 6.45) is 1.26. The Morgan fingerprint density at radius 3 is 2.84 bits per heavy atom. The number of benzene rings is 2. The molecule has 0 radical (unpaired) electrons. The number of hydrogen-bond acceptors (Lipinski definition) is 5. The first-order valence-electron chi connectivity index (χ1n) is 7.47. The van der Waals surface area contributed by atoms with Crippen LogP contribution in [0.1, 0.15) is 18.1 Å². The third-order valence-corrected chi connectivity index (χ3v) is 3.44. The van der Waals surface area contributed by atoms with Crippen molar-refractivity contribution in [3.8, 4) is 5.75 Å². The zero-order valence-corrected chi connectivity index (χ0v) is 14.2. The number of hydrazone groups is 1. The molecule has 25 heavy (non-hydrogen) atoms. The molecule has 1 N–H and O–H groups in total. The summed E-state index contributed by atoms with van der Waals surface area (Å²) < 4.78 is 5.45. The lowest BCUT2D eigenvalue weighted by molar-refractivity contribution is -0.385. The number of rotatable bonds is 7. The van der Waals surface area contributed by atoms with Crippen LogP contribution in [-0.2, 0) is 11.2 Å². The van der Waals surface area contributed by atoms with E-state index in [4.69, 9.17) is 16.3 Å². The molecule has 0 spiro atoms. The van der Waals surface area contributed by atoms with Gasteiger partial charge in [0, 0.05) is 22.2 Å². The maximum absolute atomic E-state index is 12.0. The lowest BCUT2D eigenvalue weighted by Gasteiger charge is -2.07. The number of carbonyl (C=O) groups is 1. The Bertz CT molecular complexity index is 808. The van der Waals surface area contributed by atoms with Gasteiger partial charge in [0.25, 0.3) is 5.69 Å². The minimum atomic E-state index is -0.522. The van der Waals surface area contributed by atoms with Crippen LogP contribution < -0.4 is 10.2 Å². The molecule has 0 heterocycles. The Labute approximate surface area is 149 Å². The highest BCUT2D eigenvalue weighted by Gasteiger charge is 2.15. The number of hydrogen-bond donors (Lipinski definition) is 1. The second kappa shape index (κ2) is 8.79. The number of nitrogens with zero attached hydrogens (tertiary/aromatic N) is 2. The molecule has 0 saturated carbocycles. The number of nitrogens with one attached hydrogen (secondary N) is 1. The minimum Gasteiger partial charge on any atom is -0.493 e. The lowest BCUT2D eigenvalue weighted by Crippen LogP contribution is -2.20. The number of para-hydroxylation sites is 1. The first kappa shape index (κ1) is 18.4. The van der Waals surface area contributed by atoms with Crippen molar-refractivity contribution >= 4 is 29.4 Å². The Morgan fingerprint density at radius 1 is 1.36 bits per heavy atom. The van der Waals surface area contributed by atoms with Gasteiger partial charge in [0.2, 0.25) is 5.91 Å². The van der Waals surface area contributed by atoms with Crippen molar-refractivity contribution in [3.63, 3.8) is 0 Å². The molecule has 0 aliphatic carbocycles. The summed E-state index contributed by atoms with van der Waals surface area (Å²) in [6.45, 7) is 2.33. The molecule has 0 fully saturated rings. The van der Waals surface area contributed by atoms with Gasteiger partial charge in [-0.05, 0) is 25.1 Å². The lowest BCUT2D eigenvalue weighted by atomic mass is 10.1. The summed E-state index contributed by atoms with van der Waals surface area (Å²) in [5.41, 5.74) is 3.17. The average molecular weight is 362 g/mol. The maximum atomic E-state index is 12.0. The van der Waals surface area contributed by atoms with Gasteiger partial charge in [-0.25, -0.2) is 5.43 Å². The highest BCUT2D eigenvalue weighted by molar-refractivity contribution is 6.30. The molecule has 0 unspecified atom stereocenters. The fraction of sp³-hybridized carbons (Fsp3) is 0.176. The fourth-order valence-electron chi connectivity index (χ4n) is 2.13. The normalized spacial score (nSPS) is 10.6. The van der Waals surface area contributed by atoms with Crippen LogP contribution in [0.15, 0.2) is 47.6 Å².